The van der Waals surface area contributed by atoms with Crippen molar-refractivity contribution in [1.82, 2.24) is 10.2 Å². The highest BCUT2D eigenvalue weighted by Crippen LogP contribution is 2.16. The molecular formula is C23H28F2N2O2. The molecule has 0 aliphatic carbocycles. The summed E-state index contributed by atoms with van der Waals surface area (Å²) in [6, 6.07) is 10.9. The second-order valence-corrected chi connectivity index (χ2v) is 7.19. The van der Waals surface area contributed by atoms with Gasteiger partial charge in [0.05, 0.1) is 6.42 Å². The molecule has 6 heteroatoms. The zero-order valence-corrected chi connectivity index (χ0v) is 17.1. The van der Waals surface area contributed by atoms with Crippen LogP contribution in [0.25, 0.3) is 0 Å². The molecule has 0 fully saturated rings. The number of nitrogens with one attached hydrogen (secondary N) is 1. The average Bonchev–Trinajstić information content (AvgIpc) is 2.70. The number of nitrogens with zero attached hydrogens (tertiary/aromatic N) is 1. The monoisotopic (exact) mass is 402 g/mol. The molecule has 4 nitrogen and oxygen atoms in total. The van der Waals surface area contributed by atoms with Crippen molar-refractivity contribution in [2.45, 2.75) is 58.7 Å². The van der Waals surface area contributed by atoms with Crippen molar-refractivity contribution in [3.05, 3.63) is 71.3 Å². The van der Waals surface area contributed by atoms with Crippen LogP contribution >= 0.6 is 0 Å². The molecule has 0 radical (unpaired) electrons. The summed E-state index contributed by atoms with van der Waals surface area (Å²) < 4.78 is 26.4. The summed E-state index contributed by atoms with van der Waals surface area (Å²) >= 11 is 0. The number of hydrogen-bond acceptors (Lipinski definition) is 2. The summed E-state index contributed by atoms with van der Waals surface area (Å²) in [6.45, 7) is 5.92. The van der Waals surface area contributed by atoms with E-state index in [9.17, 15) is 18.4 Å². The van der Waals surface area contributed by atoms with Gasteiger partial charge in [-0.15, -0.1) is 0 Å². The Morgan fingerprint density at radius 3 is 1.90 bits per heavy atom. The van der Waals surface area contributed by atoms with Gasteiger partial charge in [0.25, 0.3) is 0 Å². The summed E-state index contributed by atoms with van der Waals surface area (Å²) in [4.78, 5) is 27.4. The number of halogens is 2. The Morgan fingerprint density at radius 2 is 1.41 bits per heavy atom. The summed E-state index contributed by atoms with van der Waals surface area (Å²) in [5, 5.41) is 2.94. The van der Waals surface area contributed by atoms with E-state index in [4.69, 9.17) is 0 Å². The lowest BCUT2D eigenvalue weighted by atomic mass is 10.1. The van der Waals surface area contributed by atoms with E-state index >= 15 is 0 Å². The molecule has 1 N–H and O–H groups in total. The molecule has 0 bridgehead atoms. The van der Waals surface area contributed by atoms with Gasteiger partial charge in [-0.1, -0.05) is 38.1 Å². The molecule has 2 atom stereocenters. The highest BCUT2D eigenvalue weighted by Gasteiger charge is 2.29. The van der Waals surface area contributed by atoms with Crippen molar-refractivity contribution >= 4 is 11.8 Å². The molecular weight excluding hydrogens is 374 g/mol. The fraction of sp³-hybridized carbons (Fsp3) is 0.391. The van der Waals surface area contributed by atoms with Gasteiger partial charge in [-0.25, -0.2) is 8.78 Å². The van der Waals surface area contributed by atoms with E-state index in [0.29, 0.717) is 12.0 Å². The molecule has 156 valence electrons. The molecule has 2 amide bonds. The number of benzene rings is 2. The van der Waals surface area contributed by atoms with Crippen LogP contribution < -0.4 is 5.32 Å². The predicted molar refractivity (Wildman–Crippen MR) is 109 cm³/mol. The first kappa shape index (κ1) is 22.5. The number of hydrogen-bond donors (Lipinski definition) is 1. The van der Waals surface area contributed by atoms with Gasteiger partial charge in [0, 0.05) is 12.6 Å². The molecule has 0 aliphatic rings. The van der Waals surface area contributed by atoms with Crippen LogP contribution in [0.5, 0.6) is 0 Å². The standard InChI is InChI=1S/C23H28F2N2O2/c1-4-16(3)26-23(29)21(5-2)27(15-18-8-12-20(25)13-9-18)22(28)14-17-6-10-19(24)11-7-17/h6-13,16,21H,4-5,14-15H2,1-3H3,(H,26,29)/t16-,21+/m0/s1. The second-order valence-electron chi connectivity index (χ2n) is 7.19. The van der Waals surface area contributed by atoms with Crippen LogP contribution in [0.3, 0.4) is 0 Å². The minimum Gasteiger partial charge on any atom is -0.352 e. The van der Waals surface area contributed by atoms with E-state index in [1.165, 1.54) is 29.2 Å². The molecule has 0 saturated heterocycles. The first-order chi connectivity index (χ1) is 13.8. The fourth-order valence-electron chi connectivity index (χ4n) is 3.03. The van der Waals surface area contributed by atoms with E-state index in [1.807, 2.05) is 20.8 Å². The molecule has 0 heterocycles. The zero-order valence-electron chi connectivity index (χ0n) is 17.1. The number of amides is 2. The Balaban J connectivity index is 2.26. The van der Waals surface area contributed by atoms with Gasteiger partial charge in [-0.3, -0.25) is 9.59 Å². The first-order valence-corrected chi connectivity index (χ1v) is 9.92. The van der Waals surface area contributed by atoms with Crippen LogP contribution in [0.4, 0.5) is 8.78 Å². The highest BCUT2D eigenvalue weighted by molar-refractivity contribution is 5.88. The normalized spacial score (nSPS) is 12.9. The predicted octanol–water partition coefficient (Wildman–Crippen LogP) is 4.23. The molecule has 0 aliphatic heterocycles. The average molecular weight is 402 g/mol. The van der Waals surface area contributed by atoms with Crippen LogP contribution in [0, 0.1) is 11.6 Å². The topological polar surface area (TPSA) is 49.4 Å². The van der Waals surface area contributed by atoms with Crippen molar-refractivity contribution in [3.8, 4) is 0 Å². The third-order valence-electron chi connectivity index (χ3n) is 4.92. The Hall–Kier alpha value is -2.76. The van der Waals surface area contributed by atoms with Crippen LogP contribution in [0.2, 0.25) is 0 Å². The van der Waals surface area contributed by atoms with Gasteiger partial charge in [-0.05, 0) is 55.2 Å². The number of carbonyl (C=O) groups excluding carboxylic acids is 2. The Bertz CT molecular complexity index is 807. The van der Waals surface area contributed by atoms with E-state index in [0.717, 1.165) is 12.0 Å². The lowest BCUT2D eigenvalue weighted by Crippen LogP contribution is -2.51. The molecule has 29 heavy (non-hydrogen) atoms. The first-order valence-electron chi connectivity index (χ1n) is 9.92. The minimum absolute atomic E-state index is 0.00331. The van der Waals surface area contributed by atoms with E-state index in [2.05, 4.69) is 5.32 Å². The maximum absolute atomic E-state index is 13.3. The van der Waals surface area contributed by atoms with Crippen LogP contribution in [0.15, 0.2) is 48.5 Å². The summed E-state index contributed by atoms with van der Waals surface area (Å²) in [7, 11) is 0. The third-order valence-corrected chi connectivity index (χ3v) is 4.92. The Morgan fingerprint density at radius 1 is 0.897 bits per heavy atom. The van der Waals surface area contributed by atoms with E-state index in [-0.39, 0.29) is 42.5 Å². The van der Waals surface area contributed by atoms with Crippen LogP contribution in [0.1, 0.15) is 44.7 Å². The second kappa shape index (κ2) is 10.7. The van der Waals surface area contributed by atoms with Gasteiger partial charge in [0.1, 0.15) is 17.7 Å². The SMILES string of the molecule is CC[C@H](C(=O)N[C@@H](C)CC)N(Cc1ccc(F)cc1)C(=O)Cc1ccc(F)cc1. The largest absolute Gasteiger partial charge is 0.352 e. The smallest absolute Gasteiger partial charge is 0.243 e. The van der Waals surface area contributed by atoms with Crippen molar-refractivity contribution in [2.75, 3.05) is 0 Å². The molecule has 0 spiro atoms. The Kier molecular flexibility index (Phi) is 8.31. The van der Waals surface area contributed by atoms with Crippen LogP contribution in [-0.4, -0.2) is 28.8 Å². The Labute approximate surface area is 170 Å². The van der Waals surface area contributed by atoms with Crippen molar-refractivity contribution < 1.29 is 18.4 Å². The summed E-state index contributed by atoms with van der Waals surface area (Å²) in [5.41, 5.74) is 1.39. The number of carbonyl (C=O) groups is 2. The van der Waals surface area contributed by atoms with E-state index in [1.54, 1.807) is 24.3 Å². The minimum atomic E-state index is -0.651. The summed E-state index contributed by atoms with van der Waals surface area (Å²) in [5.74, 6) is -1.19. The van der Waals surface area contributed by atoms with Gasteiger partial charge in [0.15, 0.2) is 0 Å². The summed E-state index contributed by atoms with van der Waals surface area (Å²) in [6.07, 6.45) is 1.27. The molecule has 2 rings (SSSR count). The molecule has 0 unspecified atom stereocenters. The highest BCUT2D eigenvalue weighted by atomic mass is 19.1. The zero-order chi connectivity index (χ0) is 21.4. The lowest BCUT2D eigenvalue weighted by molar-refractivity contribution is -0.141. The lowest BCUT2D eigenvalue weighted by Gasteiger charge is -2.31. The van der Waals surface area contributed by atoms with Gasteiger partial charge in [0.2, 0.25) is 11.8 Å². The van der Waals surface area contributed by atoms with Crippen molar-refractivity contribution in [3.63, 3.8) is 0 Å². The third kappa shape index (κ3) is 6.66. The number of rotatable bonds is 9. The van der Waals surface area contributed by atoms with Crippen molar-refractivity contribution in [2.24, 2.45) is 0 Å². The molecule has 2 aromatic rings. The quantitative estimate of drug-likeness (QED) is 0.682. The van der Waals surface area contributed by atoms with Gasteiger partial charge in [-0.2, -0.15) is 0 Å². The van der Waals surface area contributed by atoms with Gasteiger partial charge >= 0.3 is 0 Å². The molecule has 0 aromatic heterocycles. The maximum Gasteiger partial charge on any atom is 0.243 e. The molecule has 0 saturated carbocycles. The van der Waals surface area contributed by atoms with E-state index < -0.39 is 6.04 Å². The fourth-order valence-corrected chi connectivity index (χ4v) is 3.03. The maximum atomic E-state index is 13.3. The van der Waals surface area contributed by atoms with Gasteiger partial charge < -0.3 is 10.2 Å². The van der Waals surface area contributed by atoms with Crippen molar-refractivity contribution in [1.29, 1.82) is 0 Å². The molecule has 2 aromatic carbocycles. The van der Waals surface area contributed by atoms with Crippen LogP contribution in [-0.2, 0) is 22.6 Å².